The monoisotopic (exact) mass is 588 g/mol. The van der Waals surface area contributed by atoms with Gasteiger partial charge in [-0.1, -0.05) is 103 Å². The molecule has 8 nitrogen and oxygen atoms in total. The Morgan fingerprint density at radius 1 is 0.837 bits per heavy atom. The van der Waals surface area contributed by atoms with E-state index in [9.17, 15) is 9.90 Å². The summed E-state index contributed by atoms with van der Waals surface area (Å²) < 4.78 is 1.42. The lowest BCUT2D eigenvalue weighted by atomic mass is 9.76. The number of hydrogen-bond acceptors (Lipinski definition) is 7. The normalized spacial score (nSPS) is 20.9. The minimum absolute atomic E-state index is 0.0272. The lowest BCUT2D eigenvalue weighted by molar-refractivity contribution is -0.150. The standard InChI is InChI=1S/C34H32N6O2S/c1-33(2)29(30-36-37-38-39(30)22-23-18-20-27(41)21-19-23)40-31(42)28(32(40)43-33)35-34(24-12-6-3-7-13-24,25-14-8-4-9-15-25)26-16-10-5-11-17-26/h3-21,28-29,32,35,41H,22H2,1-2H3/t28?,29?,32-/m1/s1. The van der Waals surface area contributed by atoms with Crippen molar-refractivity contribution in [1.82, 2.24) is 30.4 Å². The molecule has 2 aliphatic heterocycles. The summed E-state index contributed by atoms with van der Waals surface area (Å²) in [6, 6.07) is 37.3. The van der Waals surface area contributed by atoms with Gasteiger partial charge >= 0.3 is 0 Å². The van der Waals surface area contributed by atoms with Crippen molar-refractivity contribution in [2.24, 2.45) is 0 Å². The second kappa shape index (κ2) is 10.7. The van der Waals surface area contributed by atoms with Gasteiger partial charge in [-0.15, -0.1) is 16.9 Å². The molecule has 0 radical (unpaired) electrons. The van der Waals surface area contributed by atoms with E-state index in [0.29, 0.717) is 12.4 Å². The number of carbonyl (C=O) groups is 1. The van der Waals surface area contributed by atoms with Crippen LogP contribution in [0.1, 0.15) is 48.0 Å². The Hall–Kier alpha value is -4.47. The van der Waals surface area contributed by atoms with E-state index in [-0.39, 0.29) is 27.8 Å². The van der Waals surface area contributed by atoms with Crippen LogP contribution in [0.15, 0.2) is 115 Å². The maximum Gasteiger partial charge on any atom is 0.244 e. The molecule has 43 heavy (non-hydrogen) atoms. The van der Waals surface area contributed by atoms with Gasteiger partial charge in [-0.25, -0.2) is 4.68 Å². The summed E-state index contributed by atoms with van der Waals surface area (Å²) >= 11 is 1.78. The molecule has 0 saturated carbocycles. The SMILES string of the molecule is CC1(C)S[C@@H]2C(NC(c3ccccc3)(c3ccccc3)c3ccccc3)C(=O)N2C1c1nnnn1Cc1ccc(O)cc1. The Morgan fingerprint density at radius 2 is 1.37 bits per heavy atom. The number of thioether (sulfide) groups is 1. The molecule has 216 valence electrons. The van der Waals surface area contributed by atoms with E-state index < -0.39 is 11.6 Å². The van der Waals surface area contributed by atoms with Crippen LogP contribution in [0.5, 0.6) is 5.75 Å². The van der Waals surface area contributed by atoms with Crippen molar-refractivity contribution in [3.05, 3.63) is 143 Å². The quantitative estimate of drug-likeness (QED) is 0.192. The third-order valence-electron chi connectivity index (χ3n) is 8.51. The van der Waals surface area contributed by atoms with Crippen molar-refractivity contribution in [2.45, 2.75) is 48.1 Å². The van der Waals surface area contributed by atoms with E-state index in [1.165, 1.54) is 0 Å². The van der Waals surface area contributed by atoms with Gasteiger partial charge in [0.05, 0.1) is 12.1 Å². The molecule has 0 aliphatic carbocycles. The number of β-lactam (4-membered cyclic amide) rings is 1. The Bertz CT molecular complexity index is 1630. The molecule has 9 heteroatoms. The first-order valence-corrected chi connectivity index (χ1v) is 15.2. The summed E-state index contributed by atoms with van der Waals surface area (Å²) in [5, 5.41) is 26.2. The molecule has 7 rings (SSSR count). The Labute approximate surface area is 254 Å². The lowest BCUT2D eigenvalue weighted by Gasteiger charge is -2.49. The van der Waals surface area contributed by atoms with Crippen LogP contribution in [0.3, 0.4) is 0 Å². The van der Waals surface area contributed by atoms with Crippen molar-refractivity contribution in [1.29, 1.82) is 0 Å². The molecule has 3 atom stereocenters. The minimum Gasteiger partial charge on any atom is -0.508 e. The molecular weight excluding hydrogens is 556 g/mol. The molecule has 5 aromatic rings. The summed E-state index contributed by atoms with van der Waals surface area (Å²) in [5.74, 6) is 0.888. The van der Waals surface area contributed by atoms with E-state index >= 15 is 0 Å². The second-order valence-electron chi connectivity index (χ2n) is 11.6. The summed E-state index contributed by atoms with van der Waals surface area (Å²) in [4.78, 5) is 16.2. The van der Waals surface area contributed by atoms with Gasteiger partial charge in [0.15, 0.2) is 5.82 Å². The maximum atomic E-state index is 14.3. The molecule has 3 heterocycles. The van der Waals surface area contributed by atoms with Gasteiger partial charge in [0.1, 0.15) is 23.2 Å². The molecule has 4 aromatic carbocycles. The molecule has 2 unspecified atom stereocenters. The van der Waals surface area contributed by atoms with Crippen molar-refractivity contribution in [3.63, 3.8) is 0 Å². The first kappa shape index (κ1) is 27.4. The first-order valence-electron chi connectivity index (χ1n) is 14.4. The molecule has 0 spiro atoms. The number of tetrazole rings is 1. The van der Waals surface area contributed by atoms with Gasteiger partial charge in [0.25, 0.3) is 0 Å². The molecular formula is C34H32N6O2S. The number of nitrogens with one attached hydrogen (secondary N) is 1. The van der Waals surface area contributed by atoms with Gasteiger partial charge in [-0.05, 0) is 58.7 Å². The highest BCUT2D eigenvalue weighted by molar-refractivity contribution is 8.01. The number of carbonyl (C=O) groups excluding carboxylic acids is 1. The minimum atomic E-state index is -0.751. The smallest absolute Gasteiger partial charge is 0.244 e. The largest absolute Gasteiger partial charge is 0.508 e. The predicted molar refractivity (Wildman–Crippen MR) is 166 cm³/mol. The number of fused-ring (bicyclic) bond motifs is 1. The van der Waals surface area contributed by atoms with Crippen LogP contribution in [0, 0.1) is 0 Å². The molecule has 2 fully saturated rings. The first-order chi connectivity index (χ1) is 20.9. The van der Waals surface area contributed by atoms with Crippen molar-refractivity contribution < 1.29 is 9.90 Å². The number of hydrogen-bond donors (Lipinski definition) is 2. The van der Waals surface area contributed by atoms with E-state index in [1.807, 2.05) is 71.6 Å². The number of phenols is 1. The lowest BCUT2D eigenvalue weighted by Crippen LogP contribution is -2.70. The molecule has 2 aliphatic rings. The summed E-state index contributed by atoms with van der Waals surface area (Å²) in [5.41, 5.74) is 3.40. The maximum absolute atomic E-state index is 14.3. The Balaban J connectivity index is 1.26. The van der Waals surface area contributed by atoms with Crippen molar-refractivity contribution >= 4 is 17.7 Å². The Kier molecular flexibility index (Phi) is 6.79. The molecule has 0 bridgehead atoms. The predicted octanol–water partition coefficient (Wildman–Crippen LogP) is 5.11. The number of aromatic hydroxyl groups is 1. The van der Waals surface area contributed by atoms with Crippen LogP contribution < -0.4 is 5.32 Å². The zero-order valence-electron chi connectivity index (χ0n) is 23.9. The Morgan fingerprint density at radius 3 is 1.91 bits per heavy atom. The average Bonchev–Trinajstić information content (AvgIpc) is 3.59. The van der Waals surface area contributed by atoms with E-state index in [4.69, 9.17) is 0 Å². The average molecular weight is 589 g/mol. The zero-order chi connectivity index (χ0) is 29.6. The zero-order valence-corrected chi connectivity index (χ0v) is 24.7. The van der Waals surface area contributed by atoms with Crippen LogP contribution >= 0.6 is 11.8 Å². The topological polar surface area (TPSA) is 96.2 Å². The highest BCUT2D eigenvalue weighted by Gasteiger charge is 2.64. The van der Waals surface area contributed by atoms with Gasteiger partial charge in [0, 0.05) is 4.75 Å². The van der Waals surface area contributed by atoms with Crippen molar-refractivity contribution in [3.8, 4) is 5.75 Å². The van der Waals surface area contributed by atoms with E-state index in [1.54, 1.807) is 28.6 Å². The van der Waals surface area contributed by atoms with E-state index in [2.05, 4.69) is 71.1 Å². The number of aromatic nitrogens is 4. The third kappa shape index (κ3) is 4.60. The molecule has 2 saturated heterocycles. The van der Waals surface area contributed by atoms with Crippen LogP contribution in [0.25, 0.3) is 0 Å². The van der Waals surface area contributed by atoms with Gasteiger partial charge in [-0.3, -0.25) is 10.1 Å². The summed E-state index contributed by atoms with van der Waals surface area (Å²) in [6.45, 7) is 4.75. The van der Waals surface area contributed by atoms with Crippen molar-refractivity contribution in [2.75, 3.05) is 0 Å². The number of amides is 1. The number of nitrogens with zero attached hydrogens (tertiary/aromatic N) is 5. The van der Waals surface area contributed by atoms with Gasteiger partial charge in [0.2, 0.25) is 5.91 Å². The van der Waals surface area contributed by atoms with Crippen LogP contribution in [-0.2, 0) is 16.9 Å². The fraction of sp³-hybridized carbons (Fsp3) is 0.235. The highest BCUT2D eigenvalue weighted by atomic mass is 32.2. The van der Waals surface area contributed by atoms with Gasteiger partial charge in [-0.2, -0.15) is 0 Å². The molecule has 1 amide bonds. The fourth-order valence-electron chi connectivity index (χ4n) is 6.51. The van der Waals surface area contributed by atoms with Crippen LogP contribution in [-0.4, -0.2) is 52.3 Å². The summed E-state index contributed by atoms with van der Waals surface area (Å²) in [7, 11) is 0. The van der Waals surface area contributed by atoms with Crippen LogP contribution in [0.2, 0.25) is 0 Å². The molecule has 2 N–H and O–H groups in total. The fourth-order valence-corrected chi connectivity index (χ4v) is 8.14. The van der Waals surface area contributed by atoms with Crippen LogP contribution in [0.4, 0.5) is 0 Å². The second-order valence-corrected chi connectivity index (χ2v) is 13.4. The number of rotatable bonds is 8. The highest BCUT2D eigenvalue weighted by Crippen LogP contribution is 2.57. The number of benzene rings is 4. The van der Waals surface area contributed by atoms with Gasteiger partial charge < -0.3 is 10.0 Å². The molecule has 1 aromatic heterocycles. The van der Waals surface area contributed by atoms with E-state index in [0.717, 1.165) is 22.3 Å². The summed E-state index contributed by atoms with van der Waals surface area (Å²) in [6.07, 6.45) is 0. The number of phenolic OH excluding ortho intramolecular Hbond substituents is 1. The third-order valence-corrected chi connectivity index (χ3v) is 10.1.